The normalized spacial score (nSPS) is 25.6. The molecule has 1 saturated carbocycles. The number of anilines is 1. The minimum atomic E-state index is -3.90. The molecule has 13 heteroatoms. The summed E-state index contributed by atoms with van der Waals surface area (Å²) < 4.78 is 79.1. The lowest BCUT2D eigenvalue weighted by molar-refractivity contribution is -0.0501. The molecular formula is C21H22F4N4O4S. The van der Waals surface area contributed by atoms with Crippen LogP contribution in [0.4, 0.5) is 23.2 Å². The number of nitrogens with zero attached hydrogens (tertiary/aromatic N) is 2. The van der Waals surface area contributed by atoms with E-state index in [9.17, 15) is 27.1 Å². The van der Waals surface area contributed by atoms with Crippen LogP contribution in [0.25, 0.3) is 0 Å². The summed E-state index contributed by atoms with van der Waals surface area (Å²) in [6, 6.07) is 4.52. The minimum Gasteiger partial charge on any atom is -0.433 e. The third kappa shape index (κ3) is 3.77. The molecule has 1 amide bonds. The highest BCUT2D eigenvalue weighted by Gasteiger charge is 2.67. The quantitative estimate of drug-likeness (QED) is 0.444. The van der Waals surface area contributed by atoms with Crippen LogP contribution in [0.2, 0.25) is 0 Å². The molecule has 1 fully saturated rings. The van der Waals surface area contributed by atoms with Crippen LogP contribution in [0.5, 0.6) is 5.75 Å². The highest BCUT2D eigenvalue weighted by atomic mass is 32.3. The number of hydrogen-bond acceptors (Lipinski definition) is 7. The molecule has 5 N–H and O–H groups in total. The van der Waals surface area contributed by atoms with E-state index in [4.69, 9.17) is 5.73 Å². The Labute approximate surface area is 193 Å². The Hall–Kier alpha value is -2.90. The van der Waals surface area contributed by atoms with E-state index < -0.39 is 44.7 Å². The molecule has 0 saturated heterocycles. The first kappa shape index (κ1) is 24.2. The number of pyridine rings is 1. The van der Waals surface area contributed by atoms with E-state index in [1.807, 2.05) is 0 Å². The Morgan fingerprint density at radius 1 is 1.32 bits per heavy atom. The summed E-state index contributed by atoms with van der Waals surface area (Å²) in [7, 11) is -3.90. The summed E-state index contributed by atoms with van der Waals surface area (Å²) in [4.78, 5) is 20.7. The van der Waals surface area contributed by atoms with Crippen molar-refractivity contribution in [1.82, 2.24) is 4.98 Å². The van der Waals surface area contributed by atoms with Gasteiger partial charge in [0.25, 0.3) is 5.91 Å². The van der Waals surface area contributed by atoms with Gasteiger partial charge in [-0.05, 0) is 56.5 Å². The maximum atomic E-state index is 15.5. The van der Waals surface area contributed by atoms with Gasteiger partial charge in [-0.1, -0.05) is 0 Å². The molecule has 0 bridgehead atoms. The molecule has 2 aliphatic rings. The van der Waals surface area contributed by atoms with Gasteiger partial charge >= 0.3 is 6.61 Å². The van der Waals surface area contributed by atoms with Crippen molar-refractivity contribution in [3.05, 3.63) is 53.1 Å². The minimum absolute atomic E-state index is 0.0425. The van der Waals surface area contributed by atoms with E-state index >= 15 is 4.39 Å². The number of carbonyl (C=O) groups is 1. The molecule has 1 aliphatic carbocycles. The Morgan fingerprint density at radius 2 is 2.00 bits per heavy atom. The van der Waals surface area contributed by atoms with Crippen molar-refractivity contribution >= 4 is 28.0 Å². The third-order valence-corrected chi connectivity index (χ3v) is 8.90. The summed E-state index contributed by atoms with van der Waals surface area (Å²) in [5.41, 5.74) is 1.42. The molecule has 1 aromatic carbocycles. The lowest BCUT2D eigenvalue weighted by atomic mass is 9.92. The van der Waals surface area contributed by atoms with Crippen LogP contribution >= 0.6 is 10.6 Å². The highest BCUT2D eigenvalue weighted by molar-refractivity contribution is 8.26. The number of halogens is 4. The van der Waals surface area contributed by atoms with E-state index in [1.54, 1.807) is 0 Å². The number of nitrogens with one attached hydrogen (secondary N) is 1. The van der Waals surface area contributed by atoms with E-state index in [2.05, 4.69) is 20.0 Å². The Bertz CT molecular complexity index is 1190. The van der Waals surface area contributed by atoms with Crippen molar-refractivity contribution < 1.29 is 36.2 Å². The molecule has 2 atom stereocenters. The standard InChI is InChI=1S/C21H22F4N4O4S/c1-10-7-12(33-19(24)25)9-27-15(10)16(30)28-11-3-4-14(22)13(8-11)20(2)17(23)34(31,32)21(5-6-21)18(26)29-20/h3-4,7-9,17,19,31-32H,5-6H2,1-2H3,(H2,26,29)(H,28,30)/t17-,20-/m1/s1. The van der Waals surface area contributed by atoms with Crippen molar-refractivity contribution in [2.45, 2.75) is 49.1 Å². The van der Waals surface area contributed by atoms with Gasteiger partial charge in [-0.3, -0.25) is 18.9 Å². The molecule has 1 aliphatic heterocycles. The monoisotopic (exact) mass is 502 g/mol. The number of aryl methyl sites for hydroxylation is 1. The van der Waals surface area contributed by atoms with E-state index in [-0.39, 0.29) is 46.9 Å². The number of carbonyl (C=O) groups excluding carboxylic acids is 1. The second-order valence-electron chi connectivity index (χ2n) is 8.41. The Morgan fingerprint density at radius 3 is 2.59 bits per heavy atom. The van der Waals surface area contributed by atoms with Crippen LogP contribution < -0.4 is 15.8 Å². The molecule has 0 unspecified atom stereocenters. The number of amides is 1. The summed E-state index contributed by atoms with van der Waals surface area (Å²) in [6.45, 7) is -0.391. The molecule has 2 heterocycles. The number of aromatic nitrogens is 1. The first-order valence-electron chi connectivity index (χ1n) is 10.1. The van der Waals surface area contributed by atoms with Gasteiger partial charge in [0.15, 0.2) is 0 Å². The predicted molar refractivity (Wildman–Crippen MR) is 119 cm³/mol. The van der Waals surface area contributed by atoms with Gasteiger partial charge in [0.1, 0.15) is 33.4 Å². The van der Waals surface area contributed by atoms with Crippen molar-refractivity contribution in [2.75, 3.05) is 5.32 Å². The number of ether oxygens (including phenoxy) is 1. The van der Waals surface area contributed by atoms with Gasteiger partial charge in [-0.25, -0.2) is 13.8 Å². The number of hydrogen-bond donors (Lipinski definition) is 4. The van der Waals surface area contributed by atoms with Crippen molar-refractivity contribution in [3.63, 3.8) is 0 Å². The maximum Gasteiger partial charge on any atom is 0.387 e. The number of benzene rings is 1. The summed E-state index contributed by atoms with van der Waals surface area (Å²) >= 11 is 0. The molecule has 2 aromatic rings. The van der Waals surface area contributed by atoms with Crippen LogP contribution in [0, 0.1) is 12.7 Å². The van der Waals surface area contributed by atoms with Gasteiger partial charge < -0.3 is 15.8 Å². The molecule has 4 rings (SSSR count). The average Bonchev–Trinajstić information content (AvgIpc) is 3.55. The van der Waals surface area contributed by atoms with Crippen LogP contribution in [0.1, 0.15) is 41.4 Å². The average molecular weight is 502 g/mol. The van der Waals surface area contributed by atoms with Crippen molar-refractivity contribution in [2.24, 2.45) is 10.7 Å². The highest BCUT2D eigenvalue weighted by Crippen LogP contribution is 2.73. The molecule has 34 heavy (non-hydrogen) atoms. The lowest BCUT2D eigenvalue weighted by Gasteiger charge is -2.51. The van der Waals surface area contributed by atoms with Crippen molar-refractivity contribution in [3.8, 4) is 5.75 Å². The maximum absolute atomic E-state index is 15.5. The largest absolute Gasteiger partial charge is 0.433 e. The van der Waals surface area contributed by atoms with Gasteiger partial charge in [-0.15, -0.1) is 10.6 Å². The van der Waals surface area contributed by atoms with Gasteiger partial charge in [0.2, 0.25) is 5.50 Å². The van der Waals surface area contributed by atoms with Crippen LogP contribution in [0.15, 0.2) is 35.5 Å². The number of rotatable bonds is 5. The fourth-order valence-electron chi connectivity index (χ4n) is 4.06. The Kier molecular flexibility index (Phi) is 5.77. The lowest BCUT2D eigenvalue weighted by Crippen LogP contribution is -2.52. The zero-order chi connectivity index (χ0) is 25.1. The molecule has 1 aromatic heterocycles. The number of aliphatic imine (C=N–C) groups is 1. The van der Waals surface area contributed by atoms with E-state index in [0.717, 1.165) is 18.3 Å². The second kappa shape index (κ2) is 8.10. The second-order valence-corrected chi connectivity index (χ2v) is 10.8. The van der Waals surface area contributed by atoms with Crippen LogP contribution in [-0.4, -0.2) is 42.7 Å². The molecular weight excluding hydrogens is 480 g/mol. The molecule has 8 nitrogen and oxygen atoms in total. The van der Waals surface area contributed by atoms with Gasteiger partial charge in [0, 0.05) is 11.3 Å². The number of alkyl halides is 3. The summed E-state index contributed by atoms with van der Waals surface area (Å²) in [6.07, 6.45) is 1.50. The van der Waals surface area contributed by atoms with E-state index in [1.165, 1.54) is 26.0 Å². The topological polar surface area (TPSA) is 130 Å². The van der Waals surface area contributed by atoms with Gasteiger partial charge in [-0.2, -0.15) is 8.78 Å². The fraction of sp³-hybridized carbons (Fsp3) is 0.381. The van der Waals surface area contributed by atoms with Crippen LogP contribution in [-0.2, 0) is 5.54 Å². The summed E-state index contributed by atoms with van der Waals surface area (Å²) in [5, 5.41) is 2.48. The fourth-order valence-corrected chi connectivity index (χ4v) is 6.33. The smallest absolute Gasteiger partial charge is 0.387 e. The third-order valence-electron chi connectivity index (χ3n) is 6.09. The molecule has 0 radical (unpaired) electrons. The first-order valence-corrected chi connectivity index (χ1v) is 11.7. The van der Waals surface area contributed by atoms with Crippen molar-refractivity contribution in [1.29, 1.82) is 0 Å². The number of nitrogens with two attached hydrogens (primary N) is 1. The van der Waals surface area contributed by atoms with Crippen LogP contribution in [0.3, 0.4) is 0 Å². The zero-order valence-electron chi connectivity index (χ0n) is 18.1. The summed E-state index contributed by atoms with van der Waals surface area (Å²) in [5.74, 6) is -2.00. The molecule has 184 valence electrons. The SMILES string of the molecule is Cc1cc(OC(F)F)cnc1C(=O)Nc1ccc(F)c([C@@]2(C)N=C(N)C3(CC3)S(O)(O)[C@H]2F)c1. The van der Waals surface area contributed by atoms with E-state index in [0.29, 0.717) is 0 Å². The first-order chi connectivity index (χ1) is 15.8. The Balaban J connectivity index is 1.65. The zero-order valence-corrected chi connectivity index (χ0v) is 18.9. The number of amidine groups is 1. The molecule has 1 spiro atoms. The van der Waals surface area contributed by atoms with Gasteiger partial charge in [0.05, 0.1) is 6.20 Å². The predicted octanol–water partition coefficient (Wildman–Crippen LogP) is 4.55.